The van der Waals surface area contributed by atoms with Crippen LogP contribution in [0.5, 0.6) is 0 Å². The molecule has 2 heteroatoms. The summed E-state index contributed by atoms with van der Waals surface area (Å²) in [5.41, 5.74) is 3.21. The Morgan fingerprint density at radius 3 is 2.75 bits per heavy atom. The number of hydrogen-bond acceptors (Lipinski definition) is 2. The fourth-order valence-electron chi connectivity index (χ4n) is 7.44. The Balaban J connectivity index is 1.65. The third kappa shape index (κ3) is 2.15. The summed E-state index contributed by atoms with van der Waals surface area (Å²) >= 11 is 0. The SMILES string of the molecule is C=C=CC1C[C@@]2(C)C(CC[C@@H]3[C@@H]2CC[C@]2(C)C(=O)CC[C@@H]32)C[C@H]1O. The highest BCUT2D eigenvalue weighted by molar-refractivity contribution is 5.87. The van der Waals surface area contributed by atoms with Crippen LogP contribution in [0.15, 0.2) is 18.4 Å². The van der Waals surface area contributed by atoms with Gasteiger partial charge in [0, 0.05) is 17.8 Å². The van der Waals surface area contributed by atoms with Gasteiger partial charge in [0.2, 0.25) is 0 Å². The first-order valence-electron chi connectivity index (χ1n) is 9.97. The van der Waals surface area contributed by atoms with Gasteiger partial charge in [0.25, 0.3) is 0 Å². The average Bonchev–Trinajstić information content (AvgIpc) is 2.85. The molecule has 4 saturated carbocycles. The fourth-order valence-corrected chi connectivity index (χ4v) is 7.44. The summed E-state index contributed by atoms with van der Waals surface area (Å²) < 4.78 is 0. The molecular formula is C22H32O2. The maximum absolute atomic E-state index is 12.5. The second-order valence-electron chi connectivity index (χ2n) is 9.62. The predicted octanol–water partition coefficient (Wildman–Crippen LogP) is 4.53. The number of rotatable bonds is 1. The fraction of sp³-hybridized carbons (Fsp3) is 0.818. The first kappa shape index (κ1) is 16.6. The Kier molecular flexibility index (Phi) is 3.86. The molecule has 2 unspecified atom stereocenters. The number of aliphatic hydroxyl groups excluding tert-OH is 1. The van der Waals surface area contributed by atoms with Crippen LogP contribution >= 0.6 is 0 Å². The molecule has 2 nitrogen and oxygen atoms in total. The molecular weight excluding hydrogens is 296 g/mol. The van der Waals surface area contributed by atoms with E-state index in [9.17, 15) is 9.90 Å². The first-order valence-corrected chi connectivity index (χ1v) is 9.97. The highest BCUT2D eigenvalue weighted by Gasteiger charge is 2.60. The van der Waals surface area contributed by atoms with Crippen LogP contribution in [-0.2, 0) is 4.79 Å². The van der Waals surface area contributed by atoms with Gasteiger partial charge in [-0.05, 0) is 80.1 Å². The van der Waals surface area contributed by atoms with E-state index in [2.05, 4.69) is 26.2 Å². The van der Waals surface area contributed by atoms with Crippen molar-refractivity contribution >= 4 is 5.78 Å². The van der Waals surface area contributed by atoms with Crippen molar-refractivity contribution in [1.82, 2.24) is 0 Å². The molecule has 0 aliphatic heterocycles. The van der Waals surface area contributed by atoms with Gasteiger partial charge in [-0.1, -0.05) is 20.4 Å². The zero-order valence-corrected chi connectivity index (χ0v) is 15.3. The van der Waals surface area contributed by atoms with Crippen LogP contribution in [0.2, 0.25) is 0 Å². The quantitative estimate of drug-likeness (QED) is 0.718. The molecule has 4 fully saturated rings. The largest absolute Gasteiger partial charge is 0.392 e. The zero-order valence-electron chi connectivity index (χ0n) is 15.3. The molecule has 0 aromatic heterocycles. The summed E-state index contributed by atoms with van der Waals surface area (Å²) in [6, 6.07) is 0. The topological polar surface area (TPSA) is 37.3 Å². The van der Waals surface area contributed by atoms with E-state index in [-0.39, 0.29) is 17.4 Å². The maximum atomic E-state index is 12.5. The predicted molar refractivity (Wildman–Crippen MR) is 95.3 cm³/mol. The van der Waals surface area contributed by atoms with Crippen molar-refractivity contribution < 1.29 is 9.90 Å². The molecule has 0 heterocycles. The van der Waals surface area contributed by atoms with Gasteiger partial charge < -0.3 is 5.11 Å². The average molecular weight is 328 g/mol. The number of fused-ring (bicyclic) bond motifs is 5. The Morgan fingerprint density at radius 1 is 1.21 bits per heavy atom. The van der Waals surface area contributed by atoms with E-state index in [0.717, 1.165) is 43.9 Å². The number of Topliss-reactive ketones (excluding diaryl/α,β-unsaturated/α-hetero) is 1. The molecule has 0 radical (unpaired) electrons. The summed E-state index contributed by atoms with van der Waals surface area (Å²) in [6.45, 7) is 8.47. The second kappa shape index (κ2) is 5.58. The lowest BCUT2D eigenvalue weighted by Crippen LogP contribution is -2.55. The van der Waals surface area contributed by atoms with Crippen molar-refractivity contribution in [2.45, 2.75) is 71.3 Å². The third-order valence-corrected chi connectivity index (χ3v) is 8.80. The summed E-state index contributed by atoms with van der Waals surface area (Å²) in [6.07, 6.45) is 10.5. The van der Waals surface area contributed by atoms with Crippen LogP contribution in [0.3, 0.4) is 0 Å². The van der Waals surface area contributed by atoms with Crippen molar-refractivity contribution in [2.75, 3.05) is 0 Å². The van der Waals surface area contributed by atoms with E-state index in [1.807, 2.05) is 6.08 Å². The number of hydrogen-bond donors (Lipinski definition) is 1. The number of ketones is 1. The Bertz CT molecular complexity index is 589. The smallest absolute Gasteiger partial charge is 0.139 e. The highest BCUT2D eigenvalue weighted by Crippen LogP contribution is 2.66. The number of aliphatic hydroxyl groups is 1. The van der Waals surface area contributed by atoms with Crippen molar-refractivity contribution in [2.24, 2.45) is 40.4 Å². The second-order valence-corrected chi connectivity index (χ2v) is 9.62. The maximum Gasteiger partial charge on any atom is 0.139 e. The van der Waals surface area contributed by atoms with Gasteiger partial charge in [0.15, 0.2) is 0 Å². The minimum atomic E-state index is -0.226. The number of carbonyl (C=O) groups excluding carboxylic acids is 1. The van der Waals surface area contributed by atoms with Crippen LogP contribution in [0.25, 0.3) is 0 Å². The van der Waals surface area contributed by atoms with E-state index >= 15 is 0 Å². The molecule has 0 bridgehead atoms. The van der Waals surface area contributed by atoms with Crippen LogP contribution in [0, 0.1) is 40.4 Å². The summed E-state index contributed by atoms with van der Waals surface area (Å²) in [7, 11) is 0. The lowest BCUT2D eigenvalue weighted by molar-refractivity contribution is -0.146. The van der Waals surface area contributed by atoms with Gasteiger partial charge in [-0.2, -0.15) is 0 Å². The summed E-state index contributed by atoms with van der Waals surface area (Å²) in [4.78, 5) is 12.5. The molecule has 24 heavy (non-hydrogen) atoms. The number of carbonyl (C=O) groups is 1. The minimum Gasteiger partial charge on any atom is -0.392 e. The van der Waals surface area contributed by atoms with E-state index < -0.39 is 0 Å². The van der Waals surface area contributed by atoms with Gasteiger partial charge in [-0.15, -0.1) is 5.73 Å². The Morgan fingerprint density at radius 2 is 2.00 bits per heavy atom. The molecule has 4 aliphatic carbocycles. The summed E-state index contributed by atoms with van der Waals surface area (Å²) in [5.74, 6) is 3.45. The van der Waals surface area contributed by atoms with Crippen LogP contribution in [-0.4, -0.2) is 17.0 Å². The normalized spacial score (nSPS) is 53.5. The molecule has 132 valence electrons. The third-order valence-electron chi connectivity index (χ3n) is 8.80. The minimum absolute atomic E-state index is 0.0288. The standard InChI is InChI=1S/C22H32O2/c1-4-5-14-13-22(3)15(12-19(14)23)6-7-16-17-8-9-20(24)21(17,2)11-10-18(16)22/h5,14-19,23H,1,6-13H2,2-3H3/t14?,15?,16-,17-,18-,19+,21-,22-/m0/s1. The van der Waals surface area contributed by atoms with Crippen molar-refractivity contribution in [3.05, 3.63) is 18.4 Å². The lowest BCUT2D eigenvalue weighted by atomic mass is 9.44. The lowest BCUT2D eigenvalue weighted by Gasteiger charge is -2.61. The van der Waals surface area contributed by atoms with Crippen molar-refractivity contribution in [1.29, 1.82) is 0 Å². The van der Waals surface area contributed by atoms with E-state index in [1.54, 1.807) is 0 Å². The van der Waals surface area contributed by atoms with Crippen LogP contribution < -0.4 is 0 Å². The van der Waals surface area contributed by atoms with Gasteiger partial charge in [0.05, 0.1) is 6.10 Å². The molecule has 4 rings (SSSR count). The molecule has 0 aromatic carbocycles. The van der Waals surface area contributed by atoms with Crippen molar-refractivity contribution in [3.63, 3.8) is 0 Å². The Hall–Kier alpha value is -0.850. The first-order chi connectivity index (χ1) is 11.4. The zero-order chi connectivity index (χ0) is 17.1. The molecule has 0 saturated heterocycles. The van der Waals surface area contributed by atoms with E-state index in [1.165, 1.54) is 19.3 Å². The summed E-state index contributed by atoms with van der Waals surface area (Å²) in [5, 5.41) is 10.5. The highest BCUT2D eigenvalue weighted by atomic mass is 16.3. The molecule has 0 amide bonds. The molecule has 0 aromatic rings. The van der Waals surface area contributed by atoms with Crippen LogP contribution in [0.1, 0.15) is 65.2 Å². The monoisotopic (exact) mass is 328 g/mol. The molecule has 8 atom stereocenters. The molecule has 4 aliphatic rings. The molecule has 0 spiro atoms. The van der Waals surface area contributed by atoms with Crippen molar-refractivity contribution in [3.8, 4) is 0 Å². The Labute approximate surface area is 146 Å². The van der Waals surface area contributed by atoms with Gasteiger partial charge in [-0.3, -0.25) is 4.79 Å². The van der Waals surface area contributed by atoms with Gasteiger partial charge >= 0.3 is 0 Å². The van der Waals surface area contributed by atoms with E-state index in [4.69, 9.17) is 0 Å². The van der Waals surface area contributed by atoms with E-state index in [0.29, 0.717) is 23.0 Å². The molecule has 1 N–H and O–H groups in total. The van der Waals surface area contributed by atoms with Gasteiger partial charge in [0.1, 0.15) is 5.78 Å². The van der Waals surface area contributed by atoms with Gasteiger partial charge in [-0.25, -0.2) is 0 Å². The van der Waals surface area contributed by atoms with Crippen LogP contribution in [0.4, 0.5) is 0 Å².